The molecular formula is C25H25ClFN5O2S2. The van der Waals surface area contributed by atoms with Crippen LogP contribution in [0.15, 0.2) is 36.0 Å². The molecule has 4 rings (SSSR count). The number of hydrogen-bond donors (Lipinski definition) is 1. The summed E-state index contributed by atoms with van der Waals surface area (Å²) in [4.78, 5) is 14.0. The van der Waals surface area contributed by atoms with Crippen molar-refractivity contribution in [3.05, 3.63) is 63.5 Å². The fourth-order valence-electron chi connectivity index (χ4n) is 4.07. The van der Waals surface area contributed by atoms with Gasteiger partial charge in [-0.25, -0.2) is 4.39 Å². The Morgan fingerprint density at radius 1 is 1.53 bits per heavy atom. The summed E-state index contributed by atoms with van der Waals surface area (Å²) in [6, 6.07) is 6.18. The third-order valence-corrected chi connectivity index (χ3v) is 8.26. The van der Waals surface area contributed by atoms with Gasteiger partial charge in [-0.3, -0.25) is 9.36 Å². The number of nitrogens with one attached hydrogen (secondary N) is 1. The van der Waals surface area contributed by atoms with E-state index in [-0.39, 0.29) is 16.7 Å². The van der Waals surface area contributed by atoms with E-state index in [9.17, 15) is 14.4 Å². The number of rotatable bonds is 9. The van der Waals surface area contributed by atoms with E-state index in [0.29, 0.717) is 39.8 Å². The number of carbonyl (C=O) groups is 1. The predicted molar refractivity (Wildman–Crippen MR) is 140 cm³/mol. The van der Waals surface area contributed by atoms with Crippen molar-refractivity contribution in [2.24, 2.45) is 5.92 Å². The molecule has 188 valence electrons. The highest BCUT2D eigenvalue weighted by Crippen LogP contribution is 2.39. The summed E-state index contributed by atoms with van der Waals surface area (Å²) in [5.74, 6) is 0.848. The molecule has 1 N–H and O–H groups in total. The molecule has 36 heavy (non-hydrogen) atoms. The molecule has 11 heteroatoms. The molecule has 2 heterocycles. The number of allylic oxidation sites excluding steroid dienone is 1. The molecule has 1 amide bonds. The summed E-state index contributed by atoms with van der Waals surface area (Å²) in [6.07, 6.45) is 4.03. The maximum absolute atomic E-state index is 13.4. The van der Waals surface area contributed by atoms with E-state index < -0.39 is 11.9 Å². The maximum Gasteiger partial charge on any atom is 0.235 e. The fraction of sp³-hybridized carbons (Fsp3) is 0.360. The lowest BCUT2D eigenvalue weighted by atomic mass is 9.89. The Bertz CT molecular complexity index is 1330. The molecule has 2 unspecified atom stereocenters. The molecule has 1 aliphatic carbocycles. The number of nitriles is 1. The van der Waals surface area contributed by atoms with Gasteiger partial charge in [-0.05, 0) is 55.9 Å². The number of anilines is 1. The van der Waals surface area contributed by atoms with E-state index in [1.54, 1.807) is 17.6 Å². The Morgan fingerprint density at radius 2 is 2.33 bits per heavy atom. The van der Waals surface area contributed by atoms with Gasteiger partial charge in [-0.2, -0.15) is 5.26 Å². The fourth-order valence-corrected chi connectivity index (χ4v) is 6.42. The van der Waals surface area contributed by atoms with Crippen LogP contribution in [0.5, 0.6) is 5.75 Å². The summed E-state index contributed by atoms with van der Waals surface area (Å²) in [5, 5.41) is 22.4. The molecule has 0 aliphatic heterocycles. The first-order valence-electron chi connectivity index (χ1n) is 11.4. The minimum Gasteiger partial charge on any atom is -0.481 e. The standard InChI is InChI=1S/C25H25ClFN5O2S2/c1-4-9-32-23(15(3)34-20-8-6-16(27)11-19(20)26)30-31-25(32)35-13-22(33)29-24-18(12-28)17-7-5-14(2)10-21(17)36-24/h4,6,8,11,14-15H,1,5,7,9-10,13H2,2-3H3,(H,29,33). The number of fused-ring (bicyclic) bond motifs is 1. The molecule has 2 atom stereocenters. The average Bonchev–Trinajstić information content (AvgIpc) is 3.39. The largest absolute Gasteiger partial charge is 0.481 e. The maximum atomic E-state index is 13.4. The molecule has 0 spiro atoms. The molecule has 1 aromatic carbocycles. The highest BCUT2D eigenvalue weighted by molar-refractivity contribution is 7.99. The zero-order valence-electron chi connectivity index (χ0n) is 19.9. The van der Waals surface area contributed by atoms with E-state index in [4.69, 9.17) is 16.3 Å². The van der Waals surface area contributed by atoms with Crippen molar-refractivity contribution in [2.75, 3.05) is 11.1 Å². The Hall–Kier alpha value is -2.87. The number of carbonyl (C=O) groups excluding carboxylic acids is 1. The molecule has 0 saturated heterocycles. The van der Waals surface area contributed by atoms with Gasteiger partial charge in [0.05, 0.1) is 16.3 Å². The van der Waals surface area contributed by atoms with Crippen LogP contribution in [0.3, 0.4) is 0 Å². The first-order chi connectivity index (χ1) is 17.3. The van der Waals surface area contributed by atoms with Crippen LogP contribution in [0.2, 0.25) is 5.02 Å². The summed E-state index contributed by atoms with van der Waals surface area (Å²) in [6.45, 7) is 8.19. The van der Waals surface area contributed by atoms with Crippen molar-refractivity contribution in [1.29, 1.82) is 5.26 Å². The minimum absolute atomic E-state index is 0.0954. The first kappa shape index (κ1) is 26.2. The predicted octanol–water partition coefficient (Wildman–Crippen LogP) is 6.19. The van der Waals surface area contributed by atoms with Gasteiger partial charge >= 0.3 is 0 Å². The van der Waals surface area contributed by atoms with Crippen LogP contribution in [0.4, 0.5) is 9.39 Å². The quantitative estimate of drug-likeness (QED) is 0.255. The zero-order chi connectivity index (χ0) is 25.8. The third-order valence-electron chi connectivity index (χ3n) is 5.83. The summed E-state index contributed by atoms with van der Waals surface area (Å²) in [7, 11) is 0. The Balaban J connectivity index is 1.44. The molecule has 0 bridgehead atoms. The van der Waals surface area contributed by atoms with Crippen LogP contribution in [-0.4, -0.2) is 26.4 Å². The third kappa shape index (κ3) is 5.75. The summed E-state index contributed by atoms with van der Waals surface area (Å²) in [5.41, 5.74) is 1.66. The SMILES string of the molecule is C=CCn1c(SCC(=O)Nc2sc3c(c2C#N)CCC(C)C3)nnc1C(C)Oc1ccc(F)cc1Cl. The Kier molecular flexibility index (Phi) is 8.34. The average molecular weight is 546 g/mol. The van der Waals surface area contributed by atoms with Gasteiger partial charge in [-0.1, -0.05) is 36.4 Å². The van der Waals surface area contributed by atoms with Crippen molar-refractivity contribution >= 4 is 45.6 Å². The highest BCUT2D eigenvalue weighted by Gasteiger charge is 2.25. The van der Waals surface area contributed by atoms with Crippen molar-refractivity contribution in [1.82, 2.24) is 14.8 Å². The number of amides is 1. The van der Waals surface area contributed by atoms with Crippen molar-refractivity contribution in [3.63, 3.8) is 0 Å². The van der Waals surface area contributed by atoms with Crippen molar-refractivity contribution in [3.8, 4) is 11.8 Å². The van der Waals surface area contributed by atoms with Crippen molar-refractivity contribution < 1.29 is 13.9 Å². The van der Waals surface area contributed by atoms with Gasteiger partial charge in [0.1, 0.15) is 22.6 Å². The Labute approximate surface area is 222 Å². The number of halogens is 2. The van der Waals surface area contributed by atoms with Gasteiger partial charge in [-0.15, -0.1) is 28.1 Å². The Morgan fingerprint density at radius 3 is 3.06 bits per heavy atom. The molecule has 2 aromatic heterocycles. The normalized spacial score (nSPS) is 15.6. The summed E-state index contributed by atoms with van der Waals surface area (Å²) < 4.78 is 21.0. The smallest absolute Gasteiger partial charge is 0.235 e. The molecule has 0 fully saturated rings. The molecule has 0 radical (unpaired) electrons. The number of thiophene rings is 1. The highest BCUT2D eigenvalue weighted by atomic mass is 35.5. The number of ether oxygens (including phenoxy) is 1. The summed E-state index contributed by atoms with van der Waals surface area (Å²) >= 11 is 8.82. The van der Waals surface area contributed by atoms with Crippen LogP contribution in [-0.2, 0) is 24.2 Å². The minimum atomic E-state index is -0.540. The van der Waals surface area contributed by atoms with Gasteiger partial charge in [0.15, 0.2) is 17.1 Å². The van der Waals surface area contributed by atoms with Gasteiger partial charge in [0.25, 0.3) is 0 Å². The monoisotopic (exact) mass is 545 g/mol. The van der Waals surface area contributed by atoms with E-state index >= 15 is 0 Å². The van der Waals surface area contributed by atoms with Crippen LogP contribution < -0.4 is 10.1 Å². The number of benzene rings is 1. The lowest BCUT2D eigenvalue weighted by molar-refractivity contribution is -0.113. The molecule has 1 aliphatic rings. The lowest BCUT2D eigenvalue weighted by Crippen LogP contribution is -2.15. The topological polar surface area (TPSA) is 92.8 Å². The first-order valence-corrected chi connectivity index (χ1v) is 13.6. The van der Waals surface area contributed by atoms with Crippen LogP contribution in [0.25, 0.3) is 0 Å². The molecule has 3 aromatic rings. The lowest BCUT2D eigenvalue weighted by Gasteiger charge is -2.17. The van der Waals surface area contributed by atoms with Crippen LogP contribution in [0, 0.1) is 23.1 Å². The second-order valence-corrected chi connectivity index (χ2v) is 11.0. The van der Waals surface area contributed by atoms with Crippen molar-refractivity contribution in [2.45, 2.75) is 50.9 Å². The van der Waals surface area contributed by atoms with Gasteiger partial charge in [0, 0.05) is 11.4 Å². The van der Waals surface area contributed by atoms with Gasteiger partial charge < -0.3 is 10.1 Å². The van der Waals surface area contributed by atoms with E-state index in [1.165, 1.54) is 46.2 Å². The second kappa shape index (κ2) is 11.5. The molecular weight excluding hydrogens is 521 g/mol. The number of nitrogens with zero attached hydrogens (tertiary/aromatic N) is 4. The van der Waals surface area contributed by atoms with E-state index in [0.717, 1.165) is 24.8 Å². The second-order valence-electron chi connectivity index (χ2n) is 8.58. The van der Waals surface area contributed by atoms with Crippen LogP contribution in [0.1, 0.15) is 48.2 Å². The van der Waals surface area contributed by atoms with Gasteiger partial charge in [0.2, 0.25) is 5.91 Å². The van der Waals surface area contributed by atoms with Crippen LogP contribution >= 0.6 is 34.7 Å². The number of hydrogen-bond acceptors (Lipinski definition) is 7. The molecule has 7 nitrogen and oxygen atoms in total. The van der Waals surface area contributed by atoms with E-state index in [1.807, 2.05) is 0 Å². The molecule has 0 saturated carbocycles. The number of aromatic nitrogens is 3. The zero-order valence-corrected chi connectivity index (χ0v) is 22.3. The van der Waals surface area contributed by atoms with E-state index in [2.05, 4.69) is 35.1 Å². The number of thioether (sulfide) groups is 1.